The van der Waals surface area contributed by atoms with Gasteiger partial charge in [-0.2, -0.15) is 0 Å². The molecule has 0 fully saturated rings. The van der Waals surface area contributed by atoms with Crippen LogP contribution in [0.1, 0.15) is 42.4 Å². The third kappa shape index (κ3) is 3.76. The van der Waals surface area contributed by atoms with Crippen LogP contribution in [0.4, 0.5) is 5.69 Å². The number of unbranched alkanes of at least 4 members (excludes halogenated alkanes) is 2. The number of ether oxygens (including phenoxy) is 1. The van der Waals surface area contributed by atoms with Gasteiger partial charge in [0.2, 0.25) is 5.90 Å². The van der Waals surface area contributed by atoms with Gasteiger partial charge in [-0.1, -0.05) is 24.3 Å². The minimum atomic E-state index is -0.750. The molecule has 128 valence electrons. The summed E-state index contributed by atoms with van der Waals surface area (Å²) < 4.78 is 5.51. The van der Waals surface area contributed by atoms with Crippen molar-refractivity contribution in [1.29, 1.82) is 0 Å². The first-order chi connectivity index (χ1) is 12.2. The molecule has 1 N–H and O–H groups in total. The van der Waals surface area contributed by atoms with Crippen molar-refractivity contribution in [3.8, 4) is 0 Å². The highest BCUT2D eigenvalue weighted by Crippen LogP contribution is 2.36. The minimum Gasteiger partial charge on any atom is -0.481 e. The Labute approximate surface area is 146 Å². The number of carboxylic acid groups (broad SMARTS) is 1. The molecule has 3 rings (SSSR count). The average Bonchev–Trinajstić information content (AvgIpc) is 2.76. The van der Waals surface area contributed by atoms with Gasteiger partial charge in [0.1, 0.15) is 0 Å². The van der Waals surface area contributed by atoms with Gasteiger partial charge in [0.15, 0.2) is 0 Å². The monoisotopic (exact) mass is 336 g/mol. The van der Waals surface area contributed by atoms with Crippen LogP contribution in [0, 0.1) is 0 Å². The van der Waals surface area contributed by atoms with Gasteiger partial charge in [-0.25, -0.2) is 4.99 Å². The molecule has 0 atom stereocenters. The number of fused-ring (bicyclic) bond motifs is 2. The third-order valence-corrected chi connectivity index (χ3v) is 4.14. The Bertz CT molecular complexity index is 840. The van der Waals surface area contributed by atoms with Crippen LogP contribution >= 0.6 is 0 Å². The molecule has 2 aromatic rings. The molecule has 0 saturated heterocycles. The summed E-state index contributed by atoms with van der Waals surface area (Å²) in [6.45, 7) is 0. The van der Waals surface area contributed by atoms with Crippen LogP contribution in [0.25, 0.3) is 5.57 Å². The number of aliphatic carboxylic acids is 1. The summed E-state index contributed by atoms with van der Waals surface area (Å²) in [4.78, 5) is 19.6. The van der Waals surface area contributed by atoms with E-state index in [9.17, 15) is 4.79 Å². The van der Waals surface area contributed by atoms with E-state index in [1.807, 2.05) is 30.5 Å². The Hall–Kier alpha value is -2.95. The number of pyridine rings is 1. The molecule has 25 heavy (non-hydrogen) atoms. The van der Waals surface area contributed by atoms with Gasteiger partial charge >= 0.3 is 5.97 Å². The largest absolute Gasteiger partial charge is 0.481 e. The molecule has 0 bridgehead atoms. The molecule has 0 spiro atoms. The summed E-state index contributed by atoms with van der Waals surface area (Å²) in [6, 6.07) is 9.88. The molecule has 1 aromatic carbocycles. The second kappa shape index (κ2) is 7.75. The van der Waals surface area contributed by atoms with E-state index in [2.05, 4.69) is 22.1 Å². The van der Waals surface area contributed by atoms with Gasteiger partial charge < -0.3 is 9.84 Å². The number of hydrogen-bond donors (Lipinski definition) is 1. The van der Waals surface area contributed by atoms with Crippen LogP contribution in [-0.4, -0.2) is 29.1 Å². The Morgan fingerprint density at radius 3 is 2.72 bits per heavy atom. The average molecular weight is 336 g/mol. The Kier molecular flexibility index (Phi) is 5.23. The number of aromatic nitrogens is 1. The van der Waals surface area contributed by atoms with E-state index >= 15 is 0 Å². The molecule has 2 heterocycles. The van der Waals surface area contributed by atoms with Crippen molar-refractivity contribution in [3.63, 3.8) is 0 Å². The van der Waals surface area contributed by atoms with E-state index in [1.165, 1.54) is 0 Å². The number of carboxylic acids is 1. The van der Waals surface area contributed by atoms with Crippen LogP contribution < -0.4 is 0 Å². The number of benzene rings is 1. The summed E-state index contributed by atoms with van der Waals surface area (Å²) in [5.41, 5.74) is 4.83. The van der Waals surface area contributed by atoms with Gasteiger partial charge in [-0.3, -0.25) is 9.78 Å². The number of aliphatic imine (C=N–C) groups is 1. The molecule has 0 saturated carbocycles. The van der Waals surface area contributed by atoms with Gasteiger partial charge in [-0.15, -0.1) is 0 Å². The Balaban J connectivity index is 2.00. The number of methoxy groups -OCH3 is 1. The molecular formula is C20H20N2O3. The first-order valence-corrected chi connectivity index (χ1v) is 8.29. The summed E-state index contributed by atoms with van der Waals surface area (Å²) in [7, 11) is 1.62. The highest BCUT2D eigenvalue weighted by molar-refractivity contribution is 6.05. The topological polar surface area (TPSA) is 71.8 Å². The fourth-order valence-corrected chi connectivity index (χ4v) is 2.95. The van der Waals surface area contributed by atoms with Crippen molar-refractivity contribution >= 4 is 23.1 Å². The first kappa shape index (κ1) is 16.9. The fourth-order valence-electron chi connectivity index (χ4n) is 2.95. The molecule has 1 aromatic heterocycles. The normalized spacial score (nSPS) is 14.3. The number of carbonyl (C=O) groups is 1. The van der Waals surface area contributed by atoms with Crippen molar-refractivity contribution in [3.05, 3.63) is 65.5 Å². The molecule has 0 amide bonds. The lowest BCUT2D eigenvalue weighted by atomic mass is 9.93. The second-order valence-electron chi connectivity index (χ2n) is 5.82. The Morgan fingerprint density at radius 2 is 1.96 bits per heavy atom. The highest BCUT2D eigenvalue weighted by Gasteiger charge is 2.20. The highest BCUT2D eigenvalue weighted by atomic mass is 16.5. The van der Waals surface area contributed by atoms with Crippen molar-refractivity contribution in [2.75, 3.05) is 7.11 Å². The predicted molar refractivity (Wildman–Crippen MR) is 97.1 cm³/mol. The zero-order valence-electron chi connectivity index (χ0n) is 14.1. The van der Waals surface area contributed by atoms with Crippen LogP contribution in [0.5, 0.6) is 0 Å². The zero-order chi connectivity index (χ0) is 17.6. The molecule has 0 unspecified atom stereocenters. The molecular weight excluding hydrogens is 316 g/mol. The van der Waals surface area contributed by atoms with Crippen LogP contribution in [0.3, 0.4) is 0 Å². The quantitative estimate of drug-likeness (QED) is 0.831. The van der Waals surface area contributed by atoms with Gasteiger partial charge in [-0.05, 0) is 42.5 Å². The van der Waals surface area contributed by atoms with Crippen molar-refractivity contribution in [2.45, 2.75) is 25.7 Å². The molecule has 0 aliphatic carbocycles. The summed E-state index contributed by atoms with van der Waals surface area (Å²) in [5, 5.41) is 8.76. The lowest BCUT2D eigenvalue weighted by Gasteiger charge is -2.11. The van der Waals surface area contributed by atoms with Crippen LogP contribution in [0.15, 0.2) is 53.8 Å². The van der Waals surface area contributed by atoms with E-state index in [-0.39, 0.29) is 6.42 Å². The lowest BCUT2D eigenvalue weighted by Crippen LogP contribution is -2.05. The van der Waals surface area contributed by atoms with E-state index in [4.69, 9.17) is 9.84 Å². The van der Waals surface area contributed by atoms with E-state index in [1.54, 1.807) is 13.3 Å². The maximum atomic E-state index is 10.7. The minimum absolute atomic E-state index is 0.203. The van der Waals surface area contributed by atoms with E-state index in [0.29, 0.717) is 12.3 Å². The zero-order valence-corrected chi connectivity index (χ0v) is 14.1. The van der Waals surface area contributed by atoms with Crippen molar-refractivity contribution in [1.82, 2.24) is 4.98 Å². The lowest BCUT2D eigenvalue weighted by molar-refractivity contribution is -0.137. The number of hydrogen-bond acceptors (Lipinski definition) is 4. The summed E-state index contributed by atoms with van der Waals surface area (Å²) in [6.07, 6.45) is 8.18. The molecule has 5 nitrogen and oxygen atoms in total. The first-order valence-electron chi connectivity index (χ1n) is 8.29. The molecule has 0 radical (unpaired) electrons. The third-order valence-electron chi connectivity index (χ3n) is 4.14. The molecule has 1 aliphatic rings. The van der Waals surface area contributed by atoms with Crippen molar-refractivity contribution in [2.24, 2.45) is 4.99 Å². The van der Waals surface area contributed by atoms with E-state index in [0.717, 1.165) is 40.8 Å². The summed E-state index contributed by atoms with van der Waals surface area (Å²) in [5.74, 6) is -0.169. The number of allylic oxidation sites excluding steroid dienone is 1. The maximum absolute atomic E-state index is 10.7. The van der Waals surface area contributed by atoms with Crippen LogP contribution in [0.2, 0.25) is 0 Å². The SMILES string of the molecule is COC1=Nc2ccncc2/C(=C/CCCCC(=O)O)c2ccccc21. The standard InChI is InChI=1S/C20H20N2O3/c1-25-20-16-9-6-5-8-14(16)15(7-3-2-4-10-19(23)24)17-13-21-12-11-18(17)22-20/h5-9,11-13H,2-4,10H2,1H3,(H,23,24)/b15-7+. The second-order valence-corrected chi connectivity index (χ2v) is 5.82. The van der Waals surface area contributed by atoms with Gasteiger partial charge in [0.05, 0.1) is 12.8 Å². The van der Waals surface area contributed by atoms with E-state index < -0.39 is 5.97 Å². The number of nitrogens with zero attached hydrogens (tertiary/aromatic N) is 2. The van der Waals surface area contributed by atoms with Crippen LogP contribution in [-0.2, 0) is 9.53 Å². The van der Waals surface area contributed by atoms with Gasteiger partial charge in [0.25, 0.3) is 0 Å². The fraction of sp³-hybridized carbons (Fsp3) is 0.250. The molecule has 5 heteroatoms. The smallest absolute Gasteiger partial charge is 0.303 e. The van der Waals surface area contributed by atoms with Crippen molar-refractivity contribution < 1.29 is 14.6 Å². The summed E-state index contributed by atoms with van der Waals surface area (Å²) >= 11 is 0. The molecule has 1 aliphatic heterocycles. The predicted octanol–water partition coefficient (Wildman–Crippen LogP) is 4.20. The number of rotatable bonds is 5. The van der Waals surface area contributed by atoms with Gasteiger partial charge in [0, 0.05) is 29.9 Å². The maximum Gasteiger partial charge on any atom is 0.303 e. The Morgan fingerprint density at radius 1 is 1.16 bits per heavy atom.